The Labute approximate surface area is 325 Å². The Hall–Kier alpha value is -6.94. The molecule has 0 aliphatic rings. The summed E-state index contributed by atoms with van der Waals surface area (Å²) >= 11 is 1.85. The van der Waals surface area contributed by atoms with Crippen molar-refractivity contribution >= 4 is 76.4 Å². The summed E-state index contributed by atoms with van der Waals surface area (Å²) in [6.07, 6.45) is 0. The fourth-order valence-corrected chi connectivity index (χ4v) is 8.98. The minimum atomic E-state index is 1.09. The molecule has 0 saturated carbocycles. The highest BCUT2D eigenvalue weighted by Crippen LogP contribution is 2.50. The molecule has 3 heteroatoms. The minimum absolute atomic E-state index is 1.09. The second-order valence-corrected chi connectivity index (χ2v) is 14.9. The maximum Gasteiger partial charge on any atom is 0.0561 e. The predicted octanol–water partition coefficient (Wildman–Crippen LogP) is 15.5. The van der Waals surface area contributed by atoms with Gasteiger partial charge in [-0.2, -0.15) is 0 Å². The van der Waals surface area contributed by atoms with Crippen LogP contribution in [0, 0.1) is 0 Å². The maximum absolute atomic E-state index is 2.43. The van der Waals surface area contributed by atoms with Crippen molar-refractivity contribution in [3.63, 3.8) is 0 Å². The van der Waals surface area contributed by atoms with Crippen LogP contribution in [0.4, 0.5) is 34.1 Å². The van der Waals surface area contributed by atoms with Crippen LogP contribution in [0.15, 0.2) is 218 Å². The molecule has 0 amide bonds. The van der Waals surface area contributed by atoms with Gasteiger partial charge in [0.15, 0.2) is 0 Å². The van der Waals surface area contributed by atoms with Crippen LogP contribution in [0.3, 0.4) is 0 Å². The third-order valence-electron chi connectivity index (χ3n) is 10.4. The summed E-state index contributed by atoms with van der Waals surface area (Å²) in [6, 6.07) is 79.0. The molecule has 0 bridgehead atoms. The average molecular weight is 721 g/mol. The zero-order chi connectivity index (χ0) is 36.6. The van der Waals surface area contributed by atoms with E-state index in [1.54, 1.807) is 0 Å². The summed E-state index contributed by atoms with van der Waals surface area (Å²) in [5.74, 6) is 0. The van der Waals surface area contributed by atoms with Crippen LogP contribution in [0.1, 0.15) is 0 Å². The third kappa shape index (κ3) is 6.11. The summed E-state index contributed by atoms with van der Waals surface area (Å²) in [4.78, 5) is 4.83. The van der Waals surface area contributed by atoms with Crippen molar-refractivity contribution in [3.8, 4) is 22.3 Å². The van der Waals surface area contributed by atoms with Crippen LogP contribution >= 0.6 is 11.3 Å². The van der Waals surface area contributed by atoms with Crippen LogP contribution in [-0.2, 0) is 0 Å². The highest BCUT2D eigenvalue weighted by Gasteiger charge is 2.25. The van der Waals surface area contributed by atoms with Crippen molar-refractivity contribution in [2.45, 2.75) is 0 Å². The summed E-state index contributed by atoms with van der Waals surface area (Å²) in [5, 5.41) is 5.01. The first-order chi connectivity index (χ1) is 27.3. The molecule has 9 aromatic carbocycles. The number of hydrogen-bond donors (Lipinski definition) is 0. The summed E-state index contributed by atoms with van der Waals surface area (Å²) in [5.41, 5.74) is 11.3. The zero-order valence-corrected chi connectivity index (χ0v) is 30.9. The maximum atomic E-state index is 2.43. The molecule has 0 fully saturated rings. The summed E-state index contributed by atoms with van der Waals surface area (Å²) in [7, 11) is 0. The lowest BCUT2D eigenvalue weighted by Gasteiger charge is -2.33. The van der Waals surface area contributed by atoms with Crippen LogP contribution in [-0.4, -0.2) is 0 Å². The molecule has 0 aliphatic heterocycles. The number of thiophene rings is 1. The van der Waals surface area contributed by atoms with Gasteiger partial charge in [-0.3, -0.25) is 0 Å². The van der Waals surface area contributed by atoms with Crippen LogP contribution in [0.5, 0.6) is 0 Å². The first kappa shape index (κ1) is 32.7. The molecule has 10 aromatic rings. The number of rotatable bonds is 8. The van der Waals surface area contributed by atoms with Gasteiger partial charge in [0.25, 0.3) is 0 Å². The van der Waals surface area contributed by atoms with E-state index in [0.717, 1.165) is 45.3 Å². The van der Waals surface area contributed by atoms with Crippen LogP contribution in [0.25, 0.3) is 53.2 Å². The van der Waals surface area contributed by atoms with E-state index in [0.29, 0.717) is 0 Å². The molecule has 0 atom stereocenters. The Balaban J connectivity index is 1.24. The molecule has 0 aliphatic carbocycles. The summed E-state index contributed by atoms with van der Waals surface area (Å²) < 4.78 is 2.57. The van der Waals surface area contributed by atoms with Gasteiger partial charge in [0, 0.05) is 48.5 Å². The molecular weight excluding hydrogens is 685 g/mol. The van der Waals surface area contributed by atoms with Crippen molar-refractivity contribution in [2.75, 3.05) is 9.80 Å². The topological polar surface area (TPSA) is 6.48 Å². The van der Waals surface area contributed by atoms with Gasteiger partial charge >= 0.3 is 0 Å². The minimum Gasteiger partial charge on any atom is -0.310 e. The number of nitrogens with zero attached hydrogens (tertiary/aromatic N) is 2. The third-order valence-corrected chi connectivity index (χ3v) is 11.6. The van der Waals surface area contributed by atoms with Crippen LogP contribution in [0.2, 0.25) is 0 Å². The Bertz CT molecular complexity index is 2920. The molecule has 10 rings (SSSR count). The lowest BCUT2D eigenvalue weighted by atomic mass is 9.95. The SMILES string of the molecule is c1ccc(-c2ccc(N(c3ccccc3)c3cccc(N(c4ccccc4)c4ccc5c(c4)sc4ccccc45)c3-c3ccc4ccccc4c3)cc2)cc1. The Morgan fingerprint density at radius 2 is 0.800 bits per heavy atom. The van der Waals surface area contributed by atoms with Gasteiger partial charge in [-0.05, 0) is 100 Å². The number of fused-ring (bicyclic) bond motifs is 4. The van der Waals surface area contributed by atoms with E-state index in [1.807, 2.05) is 11.3 Å². The monoisotopic (exact) mass is 720 g/mol. The Morgan fingerprint density at radius 3 is 1.51 bits per heavy atom. The number of hydrogen-bond acceptors (Lipinski definition) is 3. The van der Waals surface area contributed by atoms with Gasteiger partial charge in [-0.15, -0.1) is 11.3 Å². The number of benzene rings is 9. The van der Waals surface area contributed by atoms with Gasteiger partial charge in [-0.1, -0.05) is 146 Å². The van der Waals surface area contributed by atoms with Gasteiger partial charge in [-0.25, -0.2) is 0 Å². The first-order valence-electron chi connectivity index (χ1n) is 18.7. The standard InChI is InChI=1S/C52H36N2S/c1-4-15-37(16-5-1)39-29-31-44(32-30-39)53(42-19-6-2-7-20-42)48-24-14-25-49(52(48)41-28-27-38-17-10-11-18-40(38)35-41)54(43-21-8-3-9-22-43)45-33-34-47-46-23-12-13-26-50(46)55-51(47)36-45/h1-36H. The highest BCUT2D eigenvalue weighted by molar-refractivity contribution is 7.25. The van der Waals surface area contributed by atoms with E-state index in [2.05, 4.69) is 228 Å². The molecule has 55 heavy (non-hydrogen) atoms. The largest absolute Gasteiger partial charge is 0.310 e. The molecule has 1 aromatic heterocycles. The van der Waals surface area contributed by atoms with E-state index in [1.165, 1.54) is 42.1 Å². The Morgan fingerprint density at radius 1 is 0.291 bits per heavy atom. The fraction of sp³-hybridized carbons (Fsp3) is 0. The number of anilines is 6. The van der Waals surface area contributed by atoms with Gasteiger partial charge < -0.3 is 9.80 Å². The van der Waals surface area contributed by atoms with E-state index >= 15 is 0 Å². The van der Waals surface area contributed by atoms with E-state index < -0.39 is 0 Å². The van der Waals surface area contributed by atoms with Crippen molar-refractivity contribution in [2.24, 2.45) is 0 Å². The fourth-order valence-electron chi connectivity index (χ4n) is 7.84. The molecule has 1 heterocycles. The second-order valence-electron chi connectivity index (χ2n) is 13.8. The molecule has 0 radical (unpaired) electrons. The van der Waals surface area contributed by atoms with E-state index in [-0.39, 0.29) is 0 Å². The molecule has 260 valence electrons. The molecule has 0 N–H and O–H groups in total. The molecular formula is C52H36N2S. The predicted molar refractivity (Wildman–Crippen MR) is 237 cm³/mol. The van der Waals surface area contributed by atoms with Gasteiger partial charge in [0.1, 0.15) is 0 Å². The lowest BCUT2D eigenvalue weighted by molar-refractivity contribution is 1.25. The molecule has 2 nitrogen and oxygen atoms in total. The molecule has 0 spiro atoms. The van der Waals surface area contributed by atoms with Crippen molar-refractivity contribution in [3.05, 3.63) is 218 Å². The smallest absolute Gasteiger partial charge is 0.0561 e. The zero-order valence-electron chi connectivity index (χ0n) is 30.1. The van der Waals surface area contributed by atoms with Gasteiger partial charge in [0.05, 0.1) is 11.4 Å². The highest BCUT2D eigenvalue weighted by atomic mass is 32.1. The van der Waals surface area contributed by atoms with Crippen LogP contribution < -0.4 is 9.80 Å². The van der Waals surface area contributed by atoms with Gasteiger partial charge in [0.2, 0.25) is 0 Å². The van der Waals surface area contributed by atoms with Crippen molar-refractivity contribution in [1.82, 2.24) is 0 Å². The number of para-hydroxylation sites is 2. The van der Waals surface area contributed by atoms with E-state index in [9.17, 15) is 0 Å². The quantitative estimate of drug-likeness (QED) is 0.154. The normalized spacial score (nSPS) is 11.3. The first-order valence-corrected chi connectivity index (χ1v) is 19.5. The van der Waals surface area contributed by atoms with E-state index in [4.69, 9.17) is 0 Å². The Kier molecular flexibility index (Phi) is 8.40. The molecule has 0 unspecified atom stereocenters. The molecule has 0 saturated heterocycles. The average Bonchev–Trinajstić information content (AvgIpc) is 3.63. The lowest BCUT2D eigenvalue weighted by Crippen LogP contribution is -2.15. The van der Waals surface area contributed by atoms with Crippen molar-refractivity contribution in [1.29, 1.82) is 0 Å². The van der Waals surface area contributed by atoms with Crippen molar-refractivity contribution < 1.29 is 0 Å². The second kappa shape index (κ2) is 14.1. The summed E-state index contributed by atoms with van der Waals surface area (Å²) in [6.45, 7) is 0.